The molecule has 1 unspecified atom stereocenters. The largest absolute Gasteiger partial charge is 0.480 e. The molecule has 1 aromatic rings. The summed E-state index contributed by atoms with van der Waals surface area (Å²) >= 11 is 0.838. The second-order valence-electron chi connectivity index (χ2n) is 2.38. The molecule has 9 heteroatoms. The van der Waals surface area contributed by atoms with Gasteiger partial charge in [0.05, 0.1) is 5.69 Å². The molecule has 14 heavy (non-hydrogen) atoms. The fourth-order valence-electron chi connectivity index (χ4n) is 0.861. The Morgan fingerprint density at radius 1 is 1.64 bits per heavy atom. The second kappa shape index (κ2) is 3.52. The minimum atomic E-state index is -4.71. The maximum absolute atomic E-state index is 10.7. The smallest absolute Gasteiger partial charge is 0.330 e. The lowest BCUT2D eigenvalue weighted by Crippen LogP contribution is -2.22. The van der Waals surface area contributed by atoms with Crippen molar-refractivity contribution >= 4 is 27.4 Å². The lowest BCUT2D eigenvalue weighted by Gasteiger charge is -2.05. The number of aliphatic carboxylic acids is 1. The Kier molecular flexibility index (Phi) is 2.73. The minimum Gasteiger partial charge on any atom is -0.480 e. The lowest BCUT2D eigenvalue weighted by atomic mass is 10.3. The zero-order valence-corrected chi connectivity index (χ0v) is 8.22. The van der Waals surface area contributed by atoms with E-state index in [9.17, 15) is 13.2 Å². The van der Waals surface area contributed by atoms with Crippen molar-refractivity contribution < 1.29 is 22.9 Å². The van der Waals surface area contributed by atoms with Crippen LogP contribution in [0.15, 0.2) is 5.38 Å². The molecule has 0 spiro atoms. The van der Waals surface area contributed by atoms with Crippen LogP contribution in [-0.4, -0.2) is 29.0 Å². The van der Waals surface area contributed by atoms with Gasteiger partial charge in [-0.2, -0.15) is 8.42 Å². The molecule has 1 aromatic heterocycles. The van der Waals surface area contributed by atoms with E-state index in [1.165, 1.54) is 0 Å². The number of carboxylic acids is 1. The van der Waals surface area contributed by atoms with Crippen LogP contribution in [-0.2, 0) is 14.9 Å². The third-order valence-electron chi connectivity index (χ3n) is 1.37. The summed E-state index contributed by atoms with van der Waals surface area (Å²) in [6, 6.07) is 0. The first kappa shape index (κ1) is 10.9. The molecule has 7 nitrogen and oxygen atoms in total. The lowest BCUT2D eigenvalue weighted by molar-refractivity contribution is -0.136. The molecule has 0 saturated carbocycles. The van der Waals surface area contributed by atoms with Crippen molar-refractivity contribution in [3.8, 4) is 0 Å². The summed E-state index contributed by atoms with van der Waals surface area (Å²) in [6.07, 6.45) is 0. The van der Waals surface area contributed by atoms with E-state index in [0.717, 1.165) is 16.7 Å². The summed E-state index contributed by atoms with van der Waals surface area (Å²) in [7, 11) is -4.71. The Bertz CT molecular complexity index is 498. The minimum absolute atomic E-state index is 0.0881. The van der Waals surface area contributed by atoms with Crippen molar-refractivity contribution in [2.24, 2.45) is 0 Å². The Morgan fingerprint density at radius 3 is 2.50 bits per heavy atom. The molecule has 0 amide bonds. The zero-order valence-electron chi connectivity index (χ0n) is 6.59. The molecule has 78 valence electrons. The predicted molar refractivity (Wildman–Crippen MR) is 46.4 cm³/mol. The number of nitrogens with one attached hydrogen (secondary N) is 2. The number of aromatic nitrogens is 1. The Hall–Kier alpha value is -1.19. The summed E-state index contributed by atoms with van der Waals surface area (Å²) < 4.78 is 30.0. The normalized spacial score (nSPS) is 13.8. The van der Waals surface area contributed by atoms with Gasteiger partial charge in [0.15, 0.2) is 4.80 Å². The van der Waals surface area contributed by atoms with Crippen LogP contribution in [0.4, 0.5) is 0 Å². The molecule has 0 aromatic carbocycles. The number of thiazole rings is 1. The predicted octanol–water partition coefficient (Wildman–Crippen LogP) is -0.431. The van der Waals surface area contributed by atoms with Crippen LogP contribution in [0, 0.1) is 5.41 Å². The van der Waals surface area contributed by atoms with Crippen molar-refractivity contribution in [2.45, 2.75) is 5.25 Å². The Labute approximate surface area is 82.3 Å². The third-order valence-corrected chi connectivity index (χ3v) is 3.13. The number of hydrogen-bond donors (Lipinski definition) is 4. The molecule has 4 N–H and O–H groups in total. The van der Waals surface area contributed by atoms with Gasteiger partial charge in [-0.15, -0.1) is 11.3 Å². The van der Waals surface area contributed by atoms with E-state index in [1.54, 1.807) is 0 Å². The van der Waals surface area contributed by atoms with Crippen molar-refractivity contribution in [1.82, 2.24) is 4.98 Å². The molecular formula is C5H6N2O5S2. The van der Waals surface area contributed by atoms with Gasteiger partial charge >= 0.3 is 5.97 Å². The first-order valence-corrected chi connectivity index (χ1v) is 5.62. The van der Waals surface area contributed by atoms with Crippen molar-refractivity contribution in [3.05, 3.63) is 15.9 Å². The van der Waals surface area contributed by atoms with Gasteiger partial charge in [0, 0.05) is 5.38 Å². The molecule has 0 bridgehead atoms. The quantitative estimate of drug-likeness (QED) is 0.530. The van der Waals surface area contributed by atoms with E-state index in [0.29, 0.717) is 0 Å². The molecule has 0 fully saturated rings. The van der Waals surface area contributed by atoms with Crippen LogP contribution >= 0.6 is 11.3 Å². The van der Waals surface area contributed by atoms with Gasteiger partial charge < -0.3 is 10.1 Å². The number of rotatable bonds is 3. The first-order valence-electron chi connectivity index (χ1n) is 3.24. The monoisotopic (exact) mass is 238 g/mol. The molecule has 0 aliphatic heterocycles. The summed E-state index contributed by atoms with van der Waals surface area (Å²) in [5, 5.41) is 14.7. The summed E-state index contributed by atoms with van der Waals surface area (Å²) in [4.78, 5) is 12.7. The topological polar surface area (TPSA) is 131 Å². The average molecular weight is 238 g/mol. The van der Waals surface area contributed by atoms with Gasteiger partial charge in [0.1, 0.15) is 0 Å². The molecule has 0 aliphatic carbocycles. The number of carboxylic acid groups (broad SMARTS) is 1. The van der Waals surface area contributed by atoms with E-state index in [4.69, 9.17) is 15.1 Å². The highest BCUT2D eigenvalue weighted by Gasteiger charge is 2.33. The van der Waals surface area contributed by atoms with Gasteiger partial charge in [-0.1, -0.05) is 0 Å². The Morgan fingerprint density at radius 2 is 2.21 bits per heavy atom. The van der Waals surface area contributed by atoms with Gasteiger partial charge in [-0.25, -0.2) is 0 Å². The van der Waals surface area contributed by atoms with Crippen molar-refractivity contribution in [1.29, 1.82) is 5.41 Å². The SMILES string of the molecule is N=c1[nH]c(C(C(=O)O)S(=O)(=O)O)cs1. The highest BCUT2D eigenvalue weighted by Crippen LogP contribution is 2.19. The fraction of sp³-hybridized carbons (Fsp3) is 0.200. The highest BCUT2D eigenvalue weighted by atomic mass is 32.2. The summed E-state index contributed by atoms with van der Waals surface area (Å²) in [5.74, 6) is -1.69. The van der Waals surface area contributed by atoms with E-state index < -0.39 is 21.3 Å². The van der Waals surface area contributed by atoms with Gasteiger partial charge in [0.2, 0.25) is 5.25 Å². The molecule has 0 radical (unpaired) electrons. The second-order valence-corrected chi connectivity index (χ2v) is 4.76. The molecule has 0 aliphatic rings. The molecule has 1 atom stereocenters. The Balaban J connectivity index is 3.27. The van der Waals surface area contributed by atoms with Crippen LogP contribution in [0.5, 0.6) is 0 Å². The van der Waals surface area contributed by atoms with Gasteiger partial charge in [0.25, 0.3) is 10.1 Å². The molecule has 0 saturated heterocycles. The fourth-order valence-corrected chi connectivity index (χ4v) is 2.27. The van der Waals surface area contributed by atoms with E-state index in [1.807, 2.05) is 0 Å². The van der Waals surface area contributed by atoms with E-state index in [-0.39, 0.29) is 10.5 Å². The number of hydrogen-bond acceptors (Lipinski definition) is 5. The molecule has 1 heterocycles. The van der Waals surface area contributed by atoms with Crippen LogP contribution < -0.4 is 4.80 Å². The number of aromatic amines is 1. The maximum Gasteiger partial charge on any atom is 0.330 e. The van der Waals surface area contributed by atoms with Crippen molar-refractivity contribution in [2.75, 3.05) is 0 Å². The molecular weight excluding hydrogens is 232 g/mol. The number of H-pyrrole nitrogens is 1. The van der Waals surface area contributed by atoms with Crippen molar-refractivity contribution in [3.63, 3.8) is 0 Å². The van der Waals surface area contributed by atoms with Crippen LogP contribution in [0.25, 0.3) is 0 Å². The number of carbonyl (C=O) groups is 1. The molecule has 1 rings (SSSR count). The maximum atomic E-state index is 10.7. The van der Waals surface area contributed by atoms with E-state index >= 15 is 0 Å². The van der Waals surface area contributed by atoms with Crippen LogP contribution in [0.3, 0.4) is 0 Å². The first-order chi connectivity index (χ1) is 6.32. The van der Waals surface area contributed by atoms with Crippen LogP contribution in [0.1, 0.15) is 10.9 Å². The van der Waals surface area contributed by atoms with Gasteiger partial charge in [-0.05, 0) is 0 Å². The average Bonchev–Trinajstić information content (AvgIpc) is 2.31. The summed E-state index contributed by atoms with van der Waals surface area (Å²) in [5.41, 5.74) is -0.227. The zero-order chi connectivity index (χ0) is 10.9. The highest BCUT2D eigenvalue weighted by molar-refractivity contribution is 7.86. The summed E-state index contributed by atoms with van der Waals surface area (Å²) in [6.45, 7) is 0. The third kappa shape index (κ3) is 2.19. The standard InChI is InChI=1S/C5H6N2O5S2/c6-5-7-2(1-13-5)3(4(8)9)14(10,11)12/h1,3H,(H2,6,7)(H,8,9)(H,10,11,12). The van der Waals surface area contributed by atoms with Gasteiger partial charge in [-0.3, -0.25) is 14.8 Å². The van der Waals surface area contributed by atoms with E-state index in [2.05, 4.69) is 4.98 Å². The van der Waals surface area contributed by atoms with Crippen LogP contribution in [0.2, 0.25) is 0 Å².